The lowest BCUT2D eigenvalue weighted by Crippen LogP contribution is -2.45. The number of aromatic nitrogens is 1. The van der Waals surface area contributed by atoms with Crippen molar-refractivity contribution in [3.63, 3.8) is 0 Å². The van der Waals surface area contributed by atoms with Crippen molar-refractivity contribution in [1.29, 1.82) is 0 Å². The number of nitrogens with zero attached hydrogens (tertiary/aromatic N) is 1. The Bertz CT molecular complexity index is 420. The molecule has 2 N–H and O–H groups in total. The Kier molecular flexibility index (Phi) is 5.99. The SMILES string of the molecule is CCC(C)C(NC(=O)CCc1ccncc1)C(=O)O. The third kappa shape index (κ3) is 5.07. The van der Waals surface area contributed by atoms with Gasteiger partial charge in [-0.05, 0) is 30.0 Å². The van der Waals surface area contributed by atoms with Crippen molar-refractivity contribution < 1.29 is 14.7 Å². The summed E-state index contributed by atoms with van der Waals surface area (Å²) < 4.78 is 0. The number of hydrogen-bond donors (Lipinski definition) is 2. The molecule has 0 radical (unpaired) electrons. The van der Waals surface area contributed by atoms with Crippen LogP contribution in [0.3, 0.4) is 0 Å². The van der Waals surface area contributed by atoms with E-state index >= 15 is 0 Å². The van der Waals surface area contributed by atoms with Gasteiger partial charge in [0.25, 0.3) is 0 Å². The molecule has 0 saturated carbocycles. The Morgan fingerprint density at radius 1 is 1.37 bits per heavy atom. The number of hydrogen-bond acceptors (Lipinski definition) is 3. The fourth-order valence-corrected chi connectivity index (χ4v) is 1.74. The van der Waals surface area contributed by atoms with Gasteiger partial charge in [-0.2, -0.15) is 0 Å². The Morgan fingerprint density at radius 3 is 2.53 bits per heavy atom. The summed E-state index contributed by atoms with van der Waals surface area (Å²) in [5, 5.41) is 11.7. The number of carboxylic acid groups (broad SMARTS) is 1. The van der Waals surface area contributed by atoms with Gasteiger partial charge in [-0.1, -0.05) is 20.3 Å². The van der Waals surface area contributed by atoms with E-state index in [1.54, 1.807) is 12.4 Å². The second-order valence-corrected chi connectivity index (χ2v) is 4.62. The smallest absolute Gasteiger partial charge is 0.326 e. The van der Waals surface area contributed by atoms with Gasteiger partial charge in [-0.15, -0.1) is 0 Å². The average Bonchev–Trinajstić information content (AvgIpc) is 2.42. The van der Waals surface area contributed by atoms with Crippen molar-refractivity contribution >= 4 is 11.9 Å². The third-order valence-electron chi connectivity index (χ3n) is 3.19. The van der Waals surface area contributed by atoms with E-state index in [4.69, 9.17) is 5.11 Å². The minimum atomic E-state index is -0.980. The Balaban J connectivity index is 2.47. The summed E-state index contributed by atoms with van der Waals surface area (Å²) in [6, 6.07) is 2.88. The maximum absolute atomic E-state index is 11.8. The molecular formula is C14H20N2O3. The van der Waals surface area contributed by atoms with Crippen LogP contribution in [0, 0.1) is 5.92 Å². The quantitative estimate of drug-likeness (QED) is 0.784. The number of aliphatic carboxylic acids is 1. The predicted molar refractivity (Wildman–Crippen MR) is 71.6 cm³/mol. The monoisotopic (exact) mass is 264 g/mol. The van der Waals surface area contributed by atoms with Crippen molar-refractivity contribution in [2.24, 2.45) is 5.92 Å². The molecule has 0 aliphatic carbocycles. The van der Waals surface area contributed by atoms with Gasteiger partial charge in [0.1, 0.15) is 6.04 Å². The maximum atomic E-state index is 11.8. The number of pyridine rings is 1. The molecule has 0 aromatic carbocycles. The van der Waals surface area contributed by atoms with Crippen LogP contribution in [0.25, 0.3) is 0 Å². The van der Waals surface area contributed by atoms with E-state index in [-0.39, 0.29) is 18.2 Å². The van der Waals surface area contributed by atoms with E-state index in [2.05, 4.69) is 10.3 Å². The van der Waals surface area contributed by atoms with E-state index < -0.39 is 12.0 Å². The molecule has 0 aliphatic rings. The van der Waals surface area contributed by atoms with E-state index in [0.717, 1.165) is 5.56 Å². The molecule has 5 nitrogen and oxygen atoms in total. The molecular weight excluding hydrogens is 244 g/mol. The summed E-state index contributed by atoms with van der Waals surface area (Å²) in [7, 11) is 0. The van der Waals surface area contributed by atoms with Crippen LogP contribution in [-0.2, 0) is 16.0 Å². The van der Waals surface area contributed by atoms with E-state index in [1.807, 2.05) is 26.0 Å². The number of rotatable bonds is 7. The summed E-state index contributed by atoms with van der Waals surface area (Å²) in [4.78, 5) is 26.7. The van der Waals surface area contributed by atoms with Crippen LogP contribution in [0.15, 0.2) is 24.5 Å². The highest BCUT2D eigenvalue weighted by Gasteiger charge is 2.24. The van der Waals surface area contributed by atoms with Crippen molar-refractivity contribution in [1.82, 2.24) is 10.3 Å². The number of carbonyl (C=O) groups excluding carboxylic acids is 1. The predicted octanol–water partition coefficient (Wildman–Crippen LogP) is 1.63. The molecule has 5 heteroatoms. The summed E-state index contributed by atoms with van der Waals surface area (Å²) in [6.07, 6.45) is 4.92. The van der Waals surface area contributed by atoms with Gasteiger partial charge >= 0.3 is 5.97 Å². The molecule has 19 heavy (non-hydrogen) atoms. The molecule has 2 unspecified atom stereocenters. The highest BCUT2D eigenvalue weighted by Crippen LogP contribution is 2.09. The van der Waals surface area contributed by atoms with Gasteiger partial charge in [-0.25, -0.2) is 4.79 Å². The second kappa shape index (κ2) is 7.51. The first-order chi connectivity index (χ1) is 9.04. The van der Waals surface area contributed by atoms with Crippen molar-refractivity contribution in [3.05, 3.63) is 30.1 Å². The summed E-state index contributed by atoms with van der Waals surface area (Å²) in [5.74, 6) is -1.29. The van der Waals surface area contributed by atoms with Crippen LogP contribution < -0.4 is 5.32 Å². The van der Waals surface area contributed by atoms with Crippen LogP contribution in [0.5, 0.6) is 0 Å². The van der Waals surface area contributed by atoms with Crippen molar-refractivity contribution in [2.75, 3.05) is 0 Å². The topological polar surface area (TPSA) is 79.3 Å². The van der Waals surface area contributed by atoms with Crippen LogP contribution in [0.4, 0.5) is 0 Å². The molecule has 1 heterocycles. The Hall–Kier alpha value is -1.91. The van der Waals surface area contributed by atoms with Gasteiger partial charge in [0.15, 0.2) is 0 Å². The number of carbonyl (C=O) groups is 2. The molecule has 0 fully saturated rings. The second-order valence-electron chi connectivity index (χ2n) is 4.62. The lowest BCUT2D eigenvalue weighted by molar-refractivity contribution is -0.143. The normalized spacial score (nSPS) is 13.6. The summed E-state index contributed by atoms with van der Waals surface area (Å²) in [5.41, 5.74) is 1.01. The molecule has 0 saturated heterocycles. The molecule has 0 aliphatic heterocycles. The molecule has 0 spiro atoms. The van der Waals surface area contributed by atoms with Crippen molar-refractivity contribution in [3.8, 4) is 0 Å². The van der Waals surface area contributed by atoms with Gasteiger partial charge in [0.2, 0.25) is 5.91 Å². The number of nitrogens with one attached hydrogen (secondary N) is 1. The Labute approximate surface area is 113 Å². The van der Waals surface area contributed by atoms with Crippen LogP contribution in [0.2, 0.25) is 0 Å². The van der Waals surface area contributed by atoms with Crippen LogP contribution in [-0.4, -0.2) is 28.0 Å². The number of carboxylic acids is 1. The van der Waals surface area contributed by atoms with Gasteiger partial charge in [-0.3, -0.25) is 9.78 Å². The maximum Gasteiger partial charge on any atom is 0.326 e. The van der Waals surface area contributed by atoms with Gasteiger partial charge in [0.05, 0.1) is 0 Å². The lowest BCUT2D eigenvalue weighted by Gasteiger charge is -2.20. The zero-order valence-electron chi connectivity index (χ0n) is 11.3. The molecule has 1 amide bonds. The largest absolute Gasteiger partial charge is 0.480 e. The molecule has 1 aromatic rings. The zero-order valence-corrected chi connectivity index (χ0v) is 11.3. The molecule has 1 rings (SSSR count). The van der Waals surface area contributed by atoms with Gasteiger partial charge in [0, 0.05) is 18.8 Å². The molecule has 0 bridgehead atoms. The zero-order chi connectivity index (χ0) is 14.3. The Morgan fingerprint density at radius 2 is 2.00 bits per heavy atom. The first-order valence-electron chi connectivity index (χ1n) is 6.45. The third-order valence-corrected chi connectivity index (χ3v) is 3.19. The molecule has 2 atom stereocenters. The lowest BCUT2D eigenvalue weighted by atomic mass is 9.99. The van der Waals surface area contributed by atoms with Crippen LogP contribution in [0.1, 0.15) is 32.3 Å². The standard InChI is InChI=1S/C14H20N2O3/c1-3-10(2)13(14(18)19)16-12(17)5-4-11-6-8-15-9-7-11/h6-10,13H,3-5H2,1-2H3,(H,16,17)(H,18,19). The first-order valence-corrected chi connectivity index (χ1v) is 6.45. The fourth-order valence-electron chi connectivity index (χ4n) is 1.74. The summed E-state index contributed by atoms with van der Waals surface area (Å²) >= 11 is 0. The van der Waals surface area contributed by atoms with Crippen LogP contribution >= 0.6 is 0 Å². The van der Waals surface area contributed by atoms with Gasteiger partial charge < -0.3 is 10.4 Å². The fraction of sp³-hybridized carbons (Fsp3) is 0.500. The highest BCUT2D eigenvalue weighted by molar-refractivity contribution is 5.83. The minimum absolute atomic E-state index is 0.0811. The van der Waals surface area contributed by atoms with E-state index in [1.165, 1.54) is 0 Å². The van der Waals surface area contributed by atoms with E-state index in [9.17, 15) is 9.59 Å². The molecule has 1 aromatic heterocycles. The highest BCUT2D eigenvalue weighted by atomic mass is 16.4. The summed E-state index contributed by atoms with van der Waals surface area (Å²) in [6.45, 7) is 3.73. The minimum Gasteiger partial charge on any atom is -0.480 e. The van der Waals surface area contributed by atoms with Crippen molar-refractivity contribution in [2.45, 2.75) is 39.2 Å². The van der Waals surface area contributed by atoms with E-state index in [0.29, 0.717) is 12.8 Å². The molecule has 104 valence electrons. The number of amides is 1. The average molecular weight is 264 g/mol. The first kappa shape index (κ1) is 15.1. The number of aryl methyl sites for hydroxylation is 1.